The van der Waals surface area contributed by atoms with E-state index < -0.39 is 18.1 Å². The van der Waals surface area contributed by atoms with Crippen molar-refractivity contribution in [1.82, 2.24) is 4.90 Å². The fourth-order valence-corrected chi connectivity index (χ4v) is 3.22. The van der Waals surface area contributed by atoms with E-state index in [-0.39, 0.29) is 19.1 Å². The van der Waals surface area contributed by atoms with E-state index in [0.29, 0.717) is 10.0 Å². The Morgan fingerprint density at radius 1 is 1.21 bits per heavy atom. The number of rotatable bonds is 3. The van der Waals surface area contributed by atoms with Gasteiger partial charge in [-0.1, -0.05) is 47.5 Å². The fraction of sp³-hybridized carbons (Fsp3) is 0.250. The van der Waals surface area contributed by atoms with E-state index in [1.807, 2.05) is 30.3 Å². The number of hydrogen-bond donors (Lipinski definition) is 1. The van der Waals surface area contributed by atoms with E-state index in [1.54, 1.807) is 18.2 Å². The van der Waals surface area contributed by atoms with Crippen LogP contribution in [0.15, 0.2) is 48.5 Å². The average molecular weight is 421 g/mol. The van der Waals surface area contributed by atoms with Crippen molar-refractivity contribution in [2.24, 2.45) is 0 Å². The number of carboxylic acids is 1. The summed E-state index contributed by atoms with van der Waals surface area (Å²) in [4.78, 5) is 22.8. The third kappa shape index (κ3) is 5.70. The van der Waals surface area contributed by atoms with Crippen LogP contribution in [0.3, 0.4) is 0 Å². The maximum absolute atomic E-state index is 12.3. The van der Waals surface area contributed by atoms with Crippen LogP contribution in [0.4, 0.5) is 0 Å². The Labute approximate surface area is 172 Å². The molecule has 2 atom stereocenters. The lowest BCUT2D eigenvalue weighted by Crippen LogP contribution is -2.45. The highest BCUT2D eigenvalue weighted by molar-refractivity contribution is 6.30. The van der Waals surface area contributed by atoms with E-state index in [1.165, 1.54) is 4.90 Å². The van der Waals surface area contributed by atoms with Gasteiger partial charge in [0.1, 0.15) is 19.3 Å². The maximum Gasteiger partial charge on any atom is 0.300 e. The Bertz CT molecular complexity index is 877. The van der Waals surface area contributed by atoms with E-state index in [2.05, 4.69) is 6.07 Å². The summed E-state index contributed by atoms with van der Waals surface area (Å²) in [6.07, 6.45) is -0.407. The highest BCUT2D eigenvalue weighted by atomic mass is 35.5. The SMILES string of the molecule is CC(=O)O.N#CCN1C(=O)COC(c2cccc(Cl)c2)C1c1ccc(Cl)cc1. The van der Waals surface area contributed by atoms with Crippen molar-refractivity contribution in [2.75, 3.05) is 13.2 Å². The number of aliphatic carboxylic acids is 1. The van der Waals surface area contributed by atoms with Crippen molar-refractivity contribution in [3.63, 3.8) is 0 Å². The van der Waals surface area contributed by atoms with E-state index in [9.17, 15) is 4.79 Å². The quantitative estimate of drug-likeness (QED) is 0.749. The van der Waals surface area contributed by atoms with Gasteiger partial charge in [0.05, 0.1) is 12.1 Å². The lowest BCUT2D eigenvalue weighted by molar-refractivity contribution is -0.157. The lowest BCUT2D eigenvalue weighted by atomic mass is 9.93. The predicted molar refractivity (Wildman–Crippen MR) is 105 cm³/mol. The molecule has 3 rings (SSSR count). The number of carbonyl (C=O) groups excluding carboxylic acids is 1. The van der Waals surface area contributed by atoms with Crippen LogP contribution in [-0.4, -0.2) is 35.0 Å². The molecule has 2 unspecified atom stereocenters. The minimum Gasteiger partial charge on any atom is -0.481 e. The van der Waals surface area contributed by atoms with Crippen LogP contribution >= 0.6 is 23.2 Å². The molecule has 0 bridgehead atoms. The number of amides is 1. The largest absolute Gasteiger partial charge is 0.481 e. The molecule has 0 aliphatic carbocycles. The number of carbonyl (C=O) groups is 2. The van der Waals surface area contributed by atoms with Crippen molar-refractivity contribution in [3.8, 4) is 6.07 Å². The molecule has 1 aliphatic heterocycles. The van der Waals surface area contributed by atoms with Gasteiger partial charge in [-0.25, -0.2) is 0 Å². The standard InChI is InChI=1S/C18H14Cl2N2O2.C2H4O2/c19-14-6-4-12(5-7-14)17-18(13-2-1-3-15(20)10-13)24-11-16(23)22(17)9-8-21;1-2(3)4/h1-7,10,17-18H,9,11H2;1H3,(H,3,4). The first kappa shape index (κ1) is 21.7. The van der Waals surface area contributed by atoms with Crippen LogP contribution < -0.4 is 0 Å². The first-order valence-corrected chi connectivity index (χ1v) is 9.07. The molecule has 1 saturated heterocycles. The summed E-state index contributed by atoms with van der Waals surface area (Å²) in [6.45, 7) is 1.01. The van der Waals surface area contributed by atoms with Gasteiger partial charge in [-0.05, 0) is 35.4 Å². The first-order chi connectivity index (χ1) is 13.3. The third-order valence-corrected chi connectivity index (χ3v) is 4.45. The summed E-state index contributed by atoms with van der Waals surface area (Å²) in [5.41, 5.74) is 1.71. The average Bonchev–Trinajstić information content (AvgIpc) is 2.64. The van der Waals surface area contributed by atoms with Gasteiger partial charge < -0.3 is 14.7 Å². The van der Waals surface area contributed by atoms with Gasteiger partial charge in [0, 0.05) is 17.0 Å². The minimum atomic E-state index is -0.833. The third-order valence-electron chi connectivity index (χ3n) is 3.96. The second kappa shape index (κ2) is 10.1. The summed E-state index contributed by atoms with van der Waals surface area (Å²) in [5, 5.41) is 17.7. The molecule has 2 aromatic carbocycles. The lowest BCUT2D eigenvalue weighted by Gasteiger charge is -2.40. The number of halogens is 2. The van der Waals surface area contributed by atoms with Crippen LogP contribution in [-0.2, 0) is 14.3 Å². The molecule has 1 N–H and O–H groups in total. The highest BCUT2D eigenvalue weighted by Crippen LogP contribution is 2.40. The molecule has 1 amide bonds. The molecule has 8 heteroatoms. The second-order valence-electron chi connectivity index (χ2n) is 5.98. The monoisotopic (exact) mass is 420 g/mol. The summed E-state index contributed by atoms with van der Waals surface area (Å²) < 4.78 is 5.81. The van der Waals surface area contributed by atoms with Gasteiger partial charge in [0.2, 0.25) is 5.91 Å². The van der Waals surface area contributed by atoms with Crippen LogP contribution in [0.25, 0.3) is 0 Å². The summed E-state index contributed by atoms with van der Waals surface area (Å²) in [6, 6.07) is 16.2. The molecule has 0 aromatic heterocycles. The minimum absolute atomic E-state index is 0.00739. The van der Waals surface area contributed by atoms with Crippen LogP contribution in [0.2, 0.25) is 10.0 Å². The molecule has 2 aromatic rings. The number of hydrogen-bond acceptors (Lipinski definition) is 4. The highest BCUT2D eigenvalue weighted by Gasteiger charge is 2.38. The smallest absolute Gasteiger partial charge is 0.300 e. The Balaban J connectivity index is 0.000000640. The van der Waals surface area contributed by atoms with Crippen LogP contribution in [0, 0.1) is 11.3 Å². The van der Waals surface area contributed by atoms with Gasteiger partial charge in [0.25, 0.3) is 5.97 Å². The maximum atomic E-state index is 12.3. The molecule has 6 nitrogen and oxygen atoms in total. The van der Waals surface area contributed by atoms with Gasteiger partial charge >= 0.3 is 0 Å². The fourth-order valence-electron chi connectivity index (χ4n) is 2.89. The molecule has 146 valence electrons. The van der Waals surface area contributed by atoms with E-state index in [0.717, 1.165) is 18.1 Å². The van der Waals surface area contributed by atoms with Crippen LogP contribution in [0.1, 0.15) is 30.2 Å². The zero-order valence-electron chi connectivity index (χ0n) is 15.0. The Hall–Kier alpha value is -2.59. The van der Waals surface area contributed by atoms with E-state index in [4.69, 9.17) is 43.1 Å². The molecule has 1 aliphatic rings. The number of morpholine rings is 1. The van der Waals surface area contributed by atoms with Gasteiger partial charge in [-0.2, -0.15) is 5.26 Å². The van der Waals surface area contributed by atoms with Crippen molar-refractivity contribution >= 4 is 35.1 Å². The van der Waals surface area contributed by atoms with Crippen LogP contribution in [0.5, 0.6) is 0 Å². The summed E-state index contributed by atoms with van der Waals surface area (Å²) in [5.74, 6) is -1.05. The first-order valence-electron chi connectivity index (χ1n) is 8.32. The Kier molecular flexibility index (Phi) is 7.82. The number of benzene rings is 2. The second-order valence-corrected chi connectivity index (χ2v) is 6.85. The molecular weight excluding hydrogens is 403 g/mol. The topological polar surface area (TPSA) is 90.6 Å². The zero-order chi connectivity index (χ0) is 20.7. The number of ether oxygens (including phenoxy) is 1. The molecule has 0 spiro atoms. The molecular formula is C20H18Cl2N2O4. The molecule has 0 saturated carbocycles. The van der Waals surface area contributed by atoms with Crippen molar-refractivity contribution in [2.45, 2.75) is 19.1 Å². The number of nitrogens with zero attached hydrogens (tertiary/aromatic N) is 2. The molecule has 0 radical (unpaired) electrons. The van der Waals surface area contributed by atoms with Gasteiger partial charge in [-0.15, -0.1) is 0 Å². The predicted octanol–water partition coefficient (Wildman–Crippen LogP) is 4.25. The summed E-state index contributed by atoms with van der Waals surface area (Å²) in [7, 11) is 0. The molecule has 28 heavy (non-hydrogen) atoms. The van der Waals surface area contributed by atoms with Gasteiger partial charge in [-0.3, -0.25) is 9.59 Å². The van der Waals surface area contributed by atoms with Gasteiger partial charge in [0.15, 0.2) is 0 Å². The Morgan fingerprint density at radius 2 is 1.86 bits per heavy atom. The van der Waals surface area contributed by atoms with Crippen molar-refractivity contribution < 1.29 is 19.4 Å². The zero-order valence-corrected chi connectivity index (χ0v) is 16.5. The number of nitriles is 1. The Morgan fingerprint density at radius 3 is 2.43 bits per heavy atom. The van der Waals surface area contributed by atoms with Crippen molar-refractivity contribution in [3.05, 3.63) is 69.7 Å². The number of carboxylic acid groups (broad SMARTS) is 1. The molecule has 1 heterocycles. The molecule has 1 fully saturated rings. The van der Waals surface area contributed by atoms with E-state index >= 15 is 0 Å². The van der Waals surface area contributed by atoms with Crippen molar-refractivity contribution in [1.29, 1.82) is 5.26 Å². The summed E-state index contributed by atoms with van der Waals surface area (Å²) >= 11 is 12.1. The normalized spacial score (nSPS) is 18.6.